The molecule has 1 aromatic rings. The Morgan fingerprint density at radius 1 is 1.33 bits per heavy atom. The van der Waals surface area contributed by atoms with E-state index in [1.54, 1.807) is 4.90 Å². The summed E-state index contributed by atoms with van der Waals surface area (Å²) in [5, 5.41) is 2.69. The zero-order valence-corrected chi connectivity index (χ0v) is 15.5. The van der Waals surface area contributed by atoms with Crippen molar-refractivity contribution in [1.82, 2.24) is 10.2 Å². The van der Waals surface area contributed by atoms with E-state index in [1.807, 2.05) is 38.1 Å². The Bertz CT molecular complexity index is 635. The third-order valence-corrected chi connectivity index (χ3v) is 4.69. The molecule has 1 atom stereocenters. The maximum absolute atomic E-state index is 12.7. The molecule has 1 aliphatic rings. The number of hydrogen-bond acceptors (Lipinski definition) is 3. The molecule has 0 aliphatic carbocycles. The van der Waals surface area contributed by atoms with Crippen molar-refractivity contribution in [3.05, 3.63) is 28.7 Å². The van der Waals surface area contributed by atoms with Gasteiger partial charge in [0.15, 0.2) is 0 Å². The molecule has 24 heavy (non-hydrogen) atoms. The van der Waals surface area contributed by atoms with E-state index >= 15 is 0 Å². The second-order valence-electron chi connectivity index (χ2n) is 5.66. The van der Waals surface area contributed by atoms with Crippen LogP contribution >= 0.6 is 15.9 Å². The molecule has 1 aliphatic heterocycles. The number of halogens is 1. The molecular formula is C17H22BrN3O3. The van der Waals surface area contributed by atoms with Gasteiger partial charge in [-0.3, -0.25) is 14.4 Å². The summed E-state index contributed by atoms with van der Waals surface area (Å²) < 4.78 is 0.820. The lowest BCUT2D eigenvalue weighted by Crippen LogP contribution is -2.43. The number of carbonyl (C=O) groups is 3. The predicted octanol–water partition coefficient (Wildman–Crippen LogP) is 1.79. The van der Waals surface area contributed by atoms with Gasteiger partial charge >= 0.3 is 0 Å². The molecule has 1 heterocycles. The number of carbonyl (C=O) groups excluding carboxylic acids is 3. The van der Waals surface area contributed by atoms with E-state index in [2.05, 4.69) is 21.2 Å². The molecule has 1 N–H and O–H groups in total. The molecule has 6 nitrogen and oxygen atoms in total. The van der Waals surface area contributed by atoms with Crippen molar-refractivity contribution in [3.8, 4) is 0 Å². The number of nitrogens with one attached hydrogen (secondary N) is 1. The highest BCUT2D eigenvalue weighted by Gasteiger charge is 2.37. The number of amides is 3. The predicted molar refractivity (Wildman–Crippen MR) is 95.5 cm³/mol. The maximum Gasteiger partial charge on any atom is 0.239 e. The lowest BCUT2D eigenvalue weighted by Gasteiger charge is -2.24. The van der Waals surface area contributed by atoms with Crippen molar-refractivity contribution < 1.29 is 14.4 Å². The lowest BCUT2D eigenvalue weighted by atomic mass is 10.1. The van der Waals surface area contributed by atoms with Crippen molar-refractivity contribution in [3.63, 3.8) is 0 Å². The summed E-state index contributed by atoms with van der Waals surface area (Å²) in [7, 11) is 0. The minimum absolute atomic E-state index is 0.0307. The van der Waals surface area contributed by atoms with Gasteiger partial charge in [-0.15, -0.1) is 0 Å². The molecule has 1 aromatic carbocycles. The van der Waals surface area contributed by atoms with Gasteiger partial charge in [-0.05, 0) is 41.9 Å². The van der Waals surface area contributed by atoms with Crippen molar-refractivity contribution in [2.24, 2.45) is 5.92 Å². The first-order valence-corrected chi connectivity index (χ1v) is 8.87. The van der Waals surface area contributed by atoms with Crippen LogP contribution in [-0.4, -0.2) is 48.8 Å². The van der Waals surface area contributed by atoms with Crippen LogP contribution in [0.3, 0.4) is 0 Å². The van der Waals surface area contributed by atoms with Crippen LogP contribution < -0.4 is 10.2 Å². The summed E-state index contributed by atoms with van der Waals surface area (Å²) in [6.45, 7) is 5.01. The molecule has 1 unspecified atom stereocenters. The Balaban J connectivity index is 2.07. The van der Waals surface area contributed by atoms with Crippen LogP contribution in [0.5, 0.6) is 0 Å². The Morgan fingerprint density at radius 2 is 2.04 bits per heavy atom. The van der Waals surface area contributed by atoms with Gasteiger partial charge in [0.05, 0.1) is 18.2 Å². The quantitative estimate of drug-likeness (QED) is 0.797. The molecule has 7 heteroatoms. The maximum atomic E-state index is 12.7. The van der Waals surface area contributed by atoms with Gasteiger partial charge in [-0.2, -0.15) is 0 Å². The van der Waals surface area contributed by atoms with Crippen molar-refractivity contribution in [2.75, 3.05) is 31.1 Å². The molecule has 1 fully saturated rings. The van der Waals surface area contributed by atoms with E-state index in [9.17, 15) is 14.4 Å². The molecule has 130 valence electrons. The smallest absolute Gasteiger partial charge is 0.239 e. The molecule has 3 amide bonds. The molecule has 0 spiro atoms. The first-order valence-electron chi connectivity index (χ1n) is 8.08. The van der Waals surface area contributed by atoms with E-state index in [1.165, 1.54) is 4.90 Å². The minimum atomic E-state index is -0.418. The van der Waals surface area contributed by atoms with Crippen LogP contribution in [0, 0.1) is 5.92 Å². The minimum Gasteiger partial charge on any atom is -0.355 e. The number of benzene rings is 1. The number of nitrogens with zero attached hydrogens (tertiary/aromatic N) is 2. The summed E-state index contributed by atoms with van der Waals surface area (Å²) >= 11 is 3.44. The second-order valence-corrected chi connectivity index (χ2v) is 6.52. The van der Waals surface area contributed by atoms with Crippen LogP contribution in [0.1, 0.15) is 20.3 Å². The van der Waals surface area contributed by atoms with Crippen LogP contribution in [-0.2, 0) is 14.4 Å². The first kappa shape index (κ1) is 18.4. The van der Waals surface area contributed by atoms with Crippen molar-refractivity contribution >= 4 is 39.3 Å². The fourth-order valence-corrected chi connectivity index (χ4v) is 3.31. The second kappa shape index (κ2) is 8.28. The Hall–Kier alpha value is -1.89. The number of para-hydroxylation sites is 1. The zero-order chi connectivity index (χ0) is 17.7. The Labute approximate surface area is 150 Å². The molecule has 2 rings (SSSR count). The van der Waals surface area contributed by atoms with Crippen LogP contribution in [0.2, 0.25) is 0 Å². The molecule has 0 bridgehead atoms. The number of hydrogen-bond donors (Lipinski definition) is 1. The average Bonchev–Trinajstić information content (AvgIpc) is 2.94. The summed E-state index contributed by atoms with van der Waals surface area (Å²) in [5.74, 6) is -0.820. The SMILES string of the molecule is CCNC(=O)CN(CC)C(=O)C1CC(=O)N(c2ccccc2Br)C1. The van der Waals surface area contributed by atoms with Gasteiger partial charge in [0, 0.05) is 30.5 Å². The first-order chi connectivity index (χ1) is 11.5. The van der Waals surface area contributed by atoms with E-state index in [0.717, 1.165) is 10.2 Å². The molecule has 0 saturated carbocycles. The fraction of sp³-hybridized carbons (Fsp3) is 0.471. The highest BCUT2D eigenvalue weighted by molar-refractivity contribution is 9.10. The van der Waals surface area contributed by atoms with Crippen molar-refractivity contribution in [1.29, 1.82) is 0 Å². The van der Waals surface area contributed by atoms with E-state index in [4.69, 9.17) is 0 Å². The third kappa shape index (κ3) is 4.14. The summed E-state index contributed by atoms with van der Waals surface area (Å²) in [5.41, 5.74) is 0.768. The fourth-order valence-electron chi connectivity index (χ4n) is 2.81. The number of rotatable bonds is 6. The monoisotopic (exact) mass is 395 g/mol. The molecule has 1 saturated heterocycles. The highest BCUT2D eigenvalue weighted by Crippen LogP contribution is 2.31. The highest BCUT2D eigenvalue weighted by atomic mass is 79.9. The zero-order valence-electron chi connectivity index (χ0n) is 13.9. The van der Waals surface area contributed by atoms with Gasteiger partial charge in [-0.25, -0.2) is 0 Å². The largest absolute Gasteiger partial charge is 0.355 e. The molecular weight excluding hydrogens is 374 g/mol. The lowest BCUT2D eigenvalue weighted by molar-refractivity contribution is -0.139. The molecule has 0 aromatic heterocycles. The van der Waals surface area contributed by atoms with Gasteiger partial charge in [0.2, 0.25) is 17.7 Å². The van der Waals surface area contributed by atoms with Crippen molar-refractivity contribution in [2.45, 2.75) is 20.3 Å². The van der Waals surface area contributed by atoms with E-state index < -0.39 is 5.92 Å². The number of anilines is 1. The topological polar surface area (TPSA) is 69.7 Å². The summed E-state index contributed by atoms with van der Waals surface area (Å²) in [6, 6.07) is 7.45. The third-order valence-electron chi connectivity index (χ3n) is 4.02. The average molecular weight is 396 g/mol. The van der Waals surface area contributed by atoms with Crippen LogP contribution in [0.4, 0.5) is 5.69 Å². The standard InChI is InChI=1S/C17H22BrN3O3/c1-3-19-15(22)11-20(4-2)17(24)12-9-16(23)21(10-12)14-8-6-5-7-13(14)18/h5-8,12H,3-4,9-11H2,1-2H3,(H,19,22). The van der Waals surface area contributed by atoms with Gasteiger partial charge in [0.25, 0.3) is 0 Å². The Morgan fingerprint density at radius 3 is 2.67 bits per heavy atom. The van der Waals surface area contributed by atoms with Gasteiger partial charge in [0.1, 0.15) is 0 Å². The normalized spacial score (nSPS) is 17.0. The van der Waals surface area contributed by atoms with E-state index in [0.29, 0.717) is 19.6 Å². The van der Waals surface area contributed by atoms with Crippen LogP contribution in [0.25, 0.3) is 0 Å². The van der Waals surface area contributed by atoms with Gasteiger partial charge < -0.3 is 15.1 Å². The van der Waals surface area contributed by atoms with Crippen LogP contribution in [0.15, 0.2) is 28.7 Å². The number of likely N-dealkylation sites (N-methyl/N-ethyl adjacent to an activating group) is 2. The van der Waals surface area contributed by atoms with E-state index in [-0.39, 0.29) is 30.7 Å². The van der Waals surface area contributed by atoms with Gasteiger partial charge in [-0.1, -0.05) is 12.1 Å². The summed E-state index contributed by atoms with van der Waals surface area (Å²) in [6.07, 6.45) is 0.173. The Kier molecular flexibility index (Phi) is 6.36. The molecule has 0 radical (unpaired) electrons. The summed E-state index contributed by atoms with van der Waals surface area (Å²) in [4.78, 5) is 39.9.